The van der Waals surface area contributed by atoms with Gasteiger partial charge in [0, 0.05) is 17.6 Å². The molecule has 2 aromatic heterocycles. The Bertz CT molecular complexity index is 877. The highest BCUT2D eigenvalue weighted by atomic mass is 79.9. The van der Waals surface area contributed by atoms with E-state index in [1.165, 1.54) is 0 Å². The van der Waals surface area contributed by atoms with E-state index in [4.69, 9.17) is 17.0 Å². The zero-order valence-corrected chi connectivity index (χ0v) is 14.4. The minimum absolute atomic E-state index is 0.640. The molecule has 0 aliphatic heterocycles. The number of halogens is 1. The Morgan fingerprint density at radius 2 is 2.19 bits per heavy atom. The number of hydrogen-bond donors (Lipinski definition) is 1. The third-order valence-electron chi connectivity index (χ3n) is 3.47. The molecule has 21 heavy (non-hydrogen) atoms. The molecule has 1 aromatic carbocycles. The summed E-state index contributed by atoms with van der Waals surface area (Å²) in [6.07, 6.45) is 0.853. The van der Waals surface area contributed by atoms with Gasteiger partial charge >= 0.3 is 0 Å². The normalized spacial score (nSPS) is 11.2. The maximum atomic E-state index is 5.50. The van der Waals surface area contributed by atoms with Crippen LogP contribution in [0.1, 0.15) is 12.6 Å². The fourth-order valence-electron chi connectivity index (χ4n) is 2.47. The van der Waals surface area contributed by atoms with Crippen LogP contribution in [0.4, 0.5) is 0 Å². The molecule has 7 heteroatoms. The van der Waals surface area contributed by atoms with Crippen molar-refractivity contribution in [3.63, 3.8) is 0 Å². The summed E-state index contributed by atoms with van der Waals surface area (Å²) in [5.41, 5.74) is 3.87. The quantitative estimate of drug-likeness (QED) is 0.718. The number of aromatic nitrogens is 4. The number of rotatable bonds is 3. The minimum atomic E-state index is 0.640. The van der Waals surface area contributed by atoms with Crippen molar-refractivity contribution in [1.82, 2.24) is 19.3 Å². The Balaban J connectivity index is 2.38. The van der Waals surface area contributed by atoms with Gasteiger partial charge in [0.2, 0.25) is 0 Å². The summed E-state index contributed by atoms with van der Waals surface area (Å²) in [5, 5.41) is 4.54. The van der Waals surface area contributed by atoms with E-state index in [-0.39, 0.29) is 0 Å². The average Bonchev–Trinajstić information content (AvgIpc) is 2.96. The molecular formula is C14H15BrN4OS. The van der Waals surface area contributed by atoms with Crippen LogP contribution in [-0.2, 0) is 13.5 Å². The molecule has 0 radical (unpaired) electrons. The van der Waals surface area contributed by atoms with Gasteiger partial charge in [-0.25, -0.2) is 4.68 Å². The first-order chi connectivity index (χ1) is 10.1. The van der Waals surface area contributed by atoms with Crippen molar-refractivity contribution < 1.29 is 4.74 Å². The third kappa shape index (κ3) is 2.20. The van der Waals surface area contributed by atoms with E-state index in [2.05, 4.69) is 32.9 Å². The second-order valence-electron chi connectivity index (χ2n) is 4.71. The number of imidazole rings is 1. The van der Waals surface area contributed by atoms with Gasteiger partial charge in [0.1, 0.15) is 11.3 Å². The Morgan fingerprint density at radius 3 is 2.86 bits per heavy atom. The van der Waals surface area contributed by atoms with E-state index >= 15 is 0 Å². The summed E-state index contributed by atoms with van der Waals surface area (Å²) in [7, 11) is 3.58. The largest absolute Gasteiger partial charge is 0.497 e. The second-order valence-corrected chi connectivity index (χ2v) is 5.95. The molecule has 1 N–H and O–H groups in total. The first-order valence-corrected chi connectivity index (χ1v) is 7.77. The highest BCUT2D eigenvalue weighted by molar-refractivity contribution is 9.10. The molecule has 0 fully saturated rings. The van der Waals surface area contributed by atoms with Crippen LogP contribution in [0, 0.1) is 4.77 Å². The predicted octanol–water partition coefficient (Wildman–Crippen LogP) is 3.76. The summed E-state index contributed by atoms with van der Waals surface area (Å²) < 4.78 is 10.7. The molecule has 0 spiro atoms. The molecule has 3 aromatic rings. The van der Waals surface area contributed by atoms with Crippen molar-refractivity contribution >= 4 is 39.3 Å². The lowest BCUT2D eigenvalue weighted by molar-refractivity contribution is 0.414. The first kappa shape index (κ1) is 14.3. The number of methoxy groups -OCH3 is 1. The molecule has 0 amide bonds. The topological polar surface area (TPSA) is 47.8 Å². The SMILES string of the molecule is CCc1nn(C)c2c1[nH]c(=S)n2-c1cc(OC)ccc1Br. The average molecular weight is 367 g/mol. The van der Waals surface area contributed by atoms with Gasteiger partial charge in [-0.1, -0.05) is 6.92 Å². The molecule has 3 rings (SSSR count). The Kier molecular flexibility index (Phi) is 3.62. The lowest BCUT2D eigenvalue weighted by Gasteiger charge is -2.09. The lowest BCUT2D eigenvalue weighted by atomic mass is 10.3. The van der Waals surface area contributed by atoms with Crippen molar-refractivity contribution in [2.75, 3.05) is 7.11 Å². The first-order valence-electron chi connectivity index (χ1n) is 6.57. The molecule has 2 heterocycles. The van der Waals surface area contributed by atoms with Gasteiger partial charge < -0.3 is 9.72 Å². The molecule has 0 saturated heterocycles. The molecule has 0 bridgehead atoms. The number of hydrogen-bond acceptors (Lipinski definition) is 3. The molecule has 0 unspecified atom stereocenters. The zero-order chi connectivity index (χ0) is 15.1. The van der Waals surface area contributed by atoms with E-state index in [0.29, 0.717) is 4.77 Å². The summed E-state index contributed by atoms with van der Waals surface area (Å²) in [5.74, 6) is 0.780. The highest BCUT2D eigenvalue weighted by Crippen LogP contribution is 2.30. The van der Waals surface area contributed by atoms with Gasteiger partial charge in [-0.05, 0) is 46.7 Å². The molecule has 5 nitrogen and oxygen atoms in total. The van der Waals surface area contributed by atoms with E-state index in [9.17, 15) is 0 Å². The van der Waals surface area contributed by atoms with Crippen molar-refractivity contribution in [3.8, 4) is 11.4 Å². The van der Waals surface area contributed by atoms with Crippen LogP contribution in [-0.4, -0.2) is 26.4 Å². The van der Waals surface area contributed by atoms with E-state index in [0.717, 1.165) is 39.2 Å². The Morgan fingerprint density at radius 1 is 1.43 bits per heavy atom. The fourth-order valence-corrected chi connectivity index (χ4v) is 3.19. The van der Waals surface area contributed by atoms with Crippen molar-refractivity contribution in [2.45, 2.75) is 13.3 Å². The van der Waals surface area contributed by atoms with Crippen LogP contribution in [0.25, 0.3) is 16.9 Å². The lowest BCUT2D eigenvalue weighted by Crippen LogP contribution is -2.02. The Hall–Kier alpha value is -1.60. The summed E-state index contributed by atoms with van der Waals surface area (Å²) in [4.78, 5) is 3.26. The number of nitrogens with zero attached hydrogens (tertiary/aromatic N) is 3. The molecule has 0 aliphatic carbocycles. The highest BCUT2D eigenvalue weighted by Gasteiger charge is 2.17. The fraction of sp³-hybridized carbons (Fsp3) is 0.286. The molecular weight excluding hydrogens is 352 g/mol. The van der Waals surface area contributed by atoms with Crippen molar-refractivity contribution in [1.29, 1.82) is 0 Å². The molecule has 0 aliphatic rings. The van der Waals surface area contributed by atoms with E-state index in [1.807, 2.05) is 34.5 Å². The molecule has 110 valence electrons. The van der Waals surface area contributed by atoms with E-state index < -0.39 is 0 Å². The van der Waals surface area contributed by atoms with Crippen molar-refractivity contribution in [2.24, 2.45) is 7.05 Å². The van der Waals surface area contributed by atoms with Gasteiger partial charge in [0.15, 0.2) is 10.4 Å². The van der Waals surface area contributed by atoms with Gasteiger partial charge in [-0.3, -0.25) is 4.57 Å². The summed E-state index contributed by atoms with van der Waals surface area (Å²) >= 11 is 9.08. The van der Waals surface area contributed by atoms with Gasteiger partial charge in [0.25, 0.3) is 0 Å². The van der Waals surface area contributed by atoms with Gasteiger partial charge in [-0.2, -0.15) is 5.10 Å². The zero-order valence-electron chi connectivity index (χ0n) is 12.0. The number of fused-ring (bicyclic) bond motifs is 1. The van der Waals surface area contributed by atoms with Crippen molar-refractivity contribution in [3.05, 3.63) is 33.1 Å². The maximum absolute atomic E-state index is 5.50. The van der Waals surface area contributed by atoms with Crippen LogP contribution >= 0.6 is 28.1 Å². The number of aryl methyl sites for hydroxylation is 2. The monoisotopic (exact) mass is 366 g/mol. The minimum Gasteiger partial charge on any atom is -0.497 e. The van der Waals surface area contributed by atoms with E-state index in [1.54, 1.807) is 7.11 Å². The van der Waals surface area contributed by atoms with Crippen LogP contribution in [0.5, 0.6) is 5.75 Å². The smallest absolute Gasteiger partial charge is 0.184 e. The standard InChI is InChI=1S/C14H15BrN4OS/c1-4-10-12-13(18(2)17-10)19(14(21)16-12)11-7-8(20-3)5-6-9(11)15/h5-7H,4H2,1-3H3,(H,16,21). The van der Waals surface area contributed by atoms with Crippen LogP contribution in [0.3, 0.4) is 0 Å². The predicted molar refractivity (Wildman–Crippen MR) is 88.9 cm³/mol. The van der Waals surface area contributed by atoms with Crippen LogP contribution in [0.15, 0.2) is 22.7 Å². The molecule has 0 atom stereocenters. The van der Waals surface area contributed by atoms with Gasteiger partial charge in [-0.15, -0.1) is 0 Å². The Labute approximate surface area is 135 Å². The van der Waals surface area contributed by atoms with Crippen LogP contribution < -0.4 is 4.74 Å². The molecule has 0 saturated carbocycles. The summed E-state index contributed by atoms with van der Waals surface area (Å²) in [6, 6.07) is 5.80. The summed E-state index contributed by atoms with van der Waals surface area (Å²) in [6.45, 7) is 2.08. The second kappa shape index (κ2) is 5.31. The van der Waals surface area contributed by atoms with Gasteiger partial charge in [0.05, 0.1) is 18.5 Å². The number of nitrogens with one attached hydrogen (secondary N) is 1. The maximum Gasteiger partial charge on any atom is 0.184 e. The number of benzene rings is 1. The number of H-pyrrole nitrogens is 1. The number of aromatic amines is 1. The number of ether oxygens (including phenoxy) is 1. The third-order valence-corrected chi connectivity index (χ3v) is 4.42. The van der Waals surface area contributed by atoms with Crippen LogP contribution in [0.2, 0.25) is 0 Å².